The van der Waals surface area contributed by atoms with Crippen LogP contribution in [0.25, 0.3) is 6.08 Å². The van der Waals surface area contributed by atoms with Gasteiger partial charge in [0.05, 0.1) is 17.6 Å². The van der Waals surface area contributed by atoms with Gasteiger partial charge in [0.15, 0.2) is 4.34 Å². The predicted octanol–water partition coefficient (Wildman–Crippen LogP) is 4.19. The third kappa shape index (κ3) is 5.90. The highest BCUT2D eigenvalue weighted by Gasteiger charge is 2.24. The molecule has 2 aromatic carbocycles. The van der Waals surface area contributed by atoms with Gasteiger partial charge in [0.2, 0.25) is 5.13 Å². The van der Waals surface area contributed by atoms with Crippen LogP contribution < -0.4 is 10.6 Å². The van der Waals surface area contributed by atoms with E-state index in [0.29, 0.717) is 36.8 Å². The van der Waals surface area contributed by atoms with Crippen molar-refractivity contribution in [3.63, 3.8) is 0 Å². The molecule has 12 heteroatoms. The number of imide groups is 1. The van der Waals surface area contributed by atoms with Crippen molar-refractivity contribution < 1.29 is 23.9 Å². The summed E-state index contributed by atoms with van der Waals surface area (Å²) < 4.78 is 5.41. The van der Waals surface area contributed by atoms with E-state index in [2.05, 4.69) is 20.8 Å². The second-order valence-corrected chi connectivity index (χ2v) is 10.00. The number of aromatic nitrogens is 2. The second kappa shape index (κ2) is 10.6. The molecule has 0 bridgehead atoms. The van der Waals surface area contributed by atoms with E-state index in [-0.39, 0.29) is 5.91 Å². The molecule has 172 valence electrons. The highest BCUT2D eigenvalue weighted by molar-refractivity contribution is 8.18. The van der Waals surface area contributed by atoms with E-state index in [9.17, 15) is 19.2 Å². The lowest BCUT2D eigenvalue weighted by Gasteiger charge is -2.03. The van der Waals surface area contributed by atoms with Gasteiger partial charge in [-0.15, -0.1) is 10.2 Å². The number of anilines is 1. The summed E-state index contributed by atoms with van der Waals surface area (Å²) in [4.78, 5) is 47.4. The Labute approximate surface area is 206 Å². The molecule has 0 radical (unpaired) electrons. The number of nitrogens with one attached hydrogen (secondary N) is 2. The van der Waals surface area contributed by atoms with E-state index in [0.717, 1.165) is 17.3 Å². The first kappa shape index (κ1) is 23.7. The number of methoxy groups -OCH3 is 1. The van der Waals surface area contributed by atoms with Crippen molar-refractivity contribution in [1.82, 2.24) is 15.5 Å². The molecule has 0 saturated carbocycles. The van der Waals surface area contributed by atoms with Gasteiger partial charge in [-0.3, -0.25) is 25.0 Å². The lowest BCUT2D eigenvalue weighted by Crippen LogP contribution is -2.17. The average Bonchev–Trinajstić information content (AvgIpc) is 3.42. The number of hydrogen-bond acceptors (Lipinski definition) is 10. The second-order valence-electron chi connectivity index (χ2n) is 6.78. The normalized spacial score (nSPS) is 14.2. The highest BCUT2D eigenvalue weighted by Crippen LogP contribution is 2.29. The first-order chi connectivity index (χ1) is 16.4. The summed E-state index contributed by atoms with van der Waals surface area (Å²) in [6, 6.07) is 13.7. The summed E-state index contributed by atoms with van der Waals surface area (Å²) in [6.45, 7) is 0. The molecule has 2 N–H and O–H groups in total. The molecular weight excluding hydrogens is 496 g/mol. The number of thioether (sulfide) groups is 2. The largest absolute Gasteiger partial charge is 0.465 e. The van der Waals surface area contributed by atoms with Crippen molar-refractivity contribution in [2.75, 3.05) is 12.4 Å². The van der Waals surface area contributed by atoms with Gasteiger partial charge < -0.3 is 4.74 Å². The molecule has 1 saturated heterocycles. The third-order valence-corrected chi connectivity index (χ3v) is 7.30. The van der Waals surface area contributed by atoms with Crippen LogP contribution in [0, 0.1) is 0 Å². The maximum atomic E-state index is 12.5. The van der Waals surface area contributed by atoms with Gasteiger partial charge in [0.1, 0.15) is 0 Å². The molecule has 0 atom stereocenters. The Morgan fingerprint density at radius 3 is 2.62 bits per heavy atom. The molecule has 3 amide bonds. The van der Waals surface area contributed by atoms with Gasteiger partial charge in [-0.1, -0.05) is 47.4 Å². The maximum Gasteiger partial charge on any atom is 0.337 e. The molecule has 9 nitrogen and oxygen atoms in total. The summed E-state index contributed by atoms with van der Waals surface area (Å²) in [5.74, 6) is -0.596. The van der Waals surface area contributed by atoms with E-state index in [1.807, 2.05) is 6.07 Å². The Hall–Kier alpha value is -3.48. The zero-order valence-electron chi connectivity index (χ0n) is 17.6. The zero-order chi connectivity index (χ0) is 24.1. The van der Waals surface area contributed by atoms with Crippen molar-refractivity contribution in [2.24, 2.45) is 0 Å². The fourth-order valence-electron chi connectivity index (χ4n) is 2.84. The van der Waals surface area contributed by atoms with Crippen LogP contribution >= 0.6 is 34.9 Å². The molecule has 1 aliphatic rings. The Kier molecular flexibility index (Phi) is 7.40. The predicted molar refractivity (Wildman–Crippen MR) is 131 cm³/mol. The number of benzene rings is 2. The van der Waals surface area contributed by atoms with Crippen molar-refractivity contribution in [3.05, 3.63) is 75.7 Å². The molecule has 1 aliphatic heterocycles. The van der Waals surface area contributed by atoms with Crippen LogP contribution in [0.4, 0.5) is 9.93 Å². The van der Waals surface area contributed by atoms with Crippen LogP contribution in [0.2, 0.25) is 0 Å². The third-order valence-electron chi connectivity index (χ3n) is 4.45. The fraction of sp³-hybridized carbons (Fsp3) is 0.0909. The molecule has 34 heavy (non-hydrogen) atoms. The van der Waals surface area contributed by atoms with E-state index in [1.54, 1.807) is 48.5 Å². The minimum absolute atomic E-state index is 0.304. The molecule has 3 aromatic rings. The summed E-state index contributed by atoms with van der Waals surface area (Å²) in [7, 11) is 1.34. The topological polar surface area (TPSA) is 127 Å². The maximum absolute atomic E-state index is 12.5. The Morgan fingerprint density at radius 1 is 1.12 bits per heavy atom. The van der Waals surface area contributed by atoms with Crippen LogP contribution in [0.5, 0.6) is 0 Å². The number of hydrogen-bond donors (Lipinski definition) is 2. The van der Waals surface area contributed by atoms with E-state index < -0.39 is 17.1 Å². The van der Waals surface area contributed by atoms with Gasteiger partial charge in [0, 0.05) is 11.3 Å². The molecule has 0 spiro atoms. The summed E-state index contributed by atoms with van der Waals surface area (Å²) in [6.07, 6.45) is 1.59. The van der Waals surface area contributed by atoms with Crippen LogP contribution in [0.1, 0.15) is 31.8 Å². The minimum Gasteiger partial charge on any atom is -0.465 e. The number of amides is 3. The van der Waals surface area contributed by atoms with Crippen molar-refractivity contribution in [2.45, 2.75) is 10.1 Å². The van der Waals surface area contributed by atoms with Crippen molar-refractivity contribution in [3.8, 4) is 0 Å². The number of rotatable bonds is 7. The van der Waals surface area contributed by atoms with Crippen LogP contribution in [0.15, 0.2) is 57.8 Å². The van der Waals surface area contributed by atoms with Crippen LogP contribution in [-0.4, -0.2) is 40.3 Å². The van der Waals surface area contributed by atoms with Gasteiger partial charge in [-0.25, -0.2) is 4.79 Å². The van der Waals surface area contributed by atoms with Crippen LogP contribution in [0.3, 0.4) is 0 Å². The van der Waals surface area contributed by atoms with Gasteiger partial charge in [-0.05, 0) is 53.2 Å². The average molecular weight is 513 g/mol. The van der Waals surface area contributed by atoms with E-state index in [1.165, 1.54) is 30.2 Å². The first-order valence-electron chi connectivity index (χ1n) is 9.71. The number of esters is 1. The van der Waals surface area contributed by atoms with Gasteiger partial charge in [0.25, 0.3) is 17.1 Å². The summed E-state index contributed by atoms with van der Waals surface area (Å²) in [5.41, 5.74) is 2.51. The first-order valence-corrected chi connectivity index (χ1v) is 12.3. The molecule has 1 aromatic heterocycles. The van der Waals surface area contributed by atoms with Gasteiger partial charge >= 0.3 is 5.97 Å². The molecule has 0 unspecified atom stereocenters. The molecule has 1 fully saturated rings. The van der Waals surface area contributed by atoms with E-state index in [4.69, 9.17) is 4.74 Å². The van der Waals surface area contributed by atoms with E-state index >= 15 is 0 Å². The van der Waals surface area contributed by atoms with Crippen molar-refractivity contribution >= 4 is 69.1 Å². The minimum atomic E-state index is -0.432. The highest BCUT2D eigenvalue weighted by atomic mass is 32.2. The van der Waals surface area contributed by atoms with Crippen molar-refractivity contribution in [1.29, 1.82) is 0 Å². The number of carbonyl (C=O) groups is 4. The molecule has 2 heterocycles. The molecular formula is C22H16N4O5S3. The Bertz CT molecular complexity index is 1300. The quantitative estimate of drug-likeness (QED) is 0.207. The zero-order valence-corrected chi connectivity index (χ0v) is 20.0. The smallest absolute Gasteiger partial charge is 0.337 e. The number of nitrogens with zero attached hydrogens (tertiary/aromatic N) is 2. The standard InChI is InChI=1S/C22H16N4O5S3/c1-31-19(29)15-4-2-3-13(9-15)11-32-22-26-25-20(34-22)23-17(27)14-7-5-12(6-8-14)10-16-18(28)24-21(30)33-16/h2-10H,11H2,1H3,(H,23,25,27)(H,24,28,30)/b16-10+. The number of carbonyl (C=O) groups excluding carboxylic acids is 4. The van der Waals surface area contributed by atoms with Gasteiger partial charge in [-0.2, -0.15) is 0 Å². The lowest BCUT2D eigenvalue weighted by atomic mass is 10.1. The Balaban J connectivity index is 1.33. The molecule has 0 aliphatic carbocycles. The SMILES string of the molecule is COC(=O)c1cccc(CSc2nnc(NC(=O)c3ccc(/C=C4/SC(=O)NC4=O)cc3)s2)c1. The lowest BCUT2D eigenvalue weighted by molar-refractivity contribution is -0.115. The summed E-state index contributed by atoms with van der Waals surface area (Å²) in [5, 5.41) is 13.0. The summed E-state index contributed by atoms with van der Waals surface area (Å²) >= 11 is 3.52. The van der Waals surface area contributed by atoms with Crippen LogP contribution in [-0.2, 0) is 15.3 Å². The number of ether oxygens (including phenoxy) is 1. The monoisotopic (exact) mass is 512 g/mol. The fourth-order valence-corrected chi connectivity index (χ4v) is 5.21. The Morgan fingerprint density at radius 2 is 1.91 bits per heavy atom. The molecule has 4 rings (SSSR count).